The minimum absolute atomic E-state index is 0.266. The highest BCUT2D eigenvalue weighted by molar-refractivity contribution is 6.15. The SMILES string of the molecule is CCCCN=C=C(Nc1c(C)cccc1C)C(=NC(C)(C)C)Nc1c(C)cccc1C. The molecule has 31 heavy (non-hydrogen) atoms. The van der Waals surface area contributed by atoms with Crippen LogP contribution in [0.5, 0.6) is 0 Å². The van der Waals surface area contributed by atoms with Gasteiger partial charge in [-0.05, 0) is 77.1 Å². The lowest BCUT2D eigenvalue weighted by Crippen LogP contribution is -2.27. The van der Waals surface area contributed by atoms with Gasteiger partial charge in [-0.1, -0.05) is 49.7 Å². The Morgan fingerprint density at radius 3 is 1.77 bits per heavy atom. The largest absolute Gasteiger partial charge is 0.344 e. The number of aryl methyl sites for hydroxylation is 4. The second kappa shape index (κ2) is 11.0. The predicted molar refractivity (Wildman–Crippen MR) is 137 cm³/mol. The van der Waals surface area contributed by atoms with Gasteiger partial charge in [0.25, 0.3) is 0 Å². The zero-order valence-corrected chi connectivity index (χ0v) is 20.5. The molecule has 0 unspecified atom stereocenters. The molecule has 166 valence electrons. The van der Waals surface area contributed by atoms with E-state index >= 15 is 0 Å². The standard InChI is InChI=1S/C27H38N4/c1-9-10-17-28-18-23(29-24-19(2)13-11-14-20(24)3)26(31-27(6,7)8)30-25-21(4)15-12-16-22(25)5/h11-16,29H,9-10,17H2,1-8H3,(H,30,31). The quantitative estimate of drug-likeness (QED) is 0.289. The van der Waals surface area contributed by atoms with Gasteiger partial charge in [-0.15, -0.1) is 0 Å². The molecule has 0 saturated carbocycles. The van der Waals surface area contributed by atoms with E-state index in [-0.39, 0.29) is 5.54 Å². The highest BCUT2D eigenvalue weighted by Crippen LogP contribution is 2.24. The molecule has 0 atom stereocenters. The average molecular weight is 419 g/mol. The fourth-order valence-corrected chi connectivity index (χ4v) is 3.26. The summed E-state index contributed by atoms with van der Waals surface area (Å²) >= 11 is 0. The Hall–Kier alpha value is -2.84. The van der Waals surface area contributed by atoms with E-state index < -0.39 is 0 Å². The van der Waals surface area contributed by atoms with Gasteiger partial charge in [0.1, 0.15) is 5.70 Å². The van der Waals surface area contributed by atoms with Gasteiger partial charge in [0.2, 0.25) is 0 Å². The molecule has 2 aromatic rings. The molecule has 0 aliphatic carbocycles. The zero-order chi connectivity index (χ0) is 23.0. The summed E-state index contributed by atoms with van der Waals surface area (Å²) in [4.78, 5) is 9.61. The van der Waals surface area contributed by atoms with Crippen molar-refractivity contribution >= 4 is 23.1 Å². The Morgan fingerprint density at radius 1 is 0.839 bits per heavy atom. The minimum Gasteiger partial charge on any atom is -0.344 e. The summed E-state index contributed by atoms with van der Waals surface area (Å²) in [6, 6.07) is 12.6. The van der Waals surface area contributed by atoms with Crippen molar-refractivity contribution in [2.75, 3.05) is 17.2 Å². The van der Waals surface area contributed by atoms with Crippen LogP contribution in [0.25, 0.3) is 0 Å². The van der Waals surface area contributed by atoms with Crippen molar-refractivity contribution in [3.63, 3.8) is 0 Å². The van der Waals surface area contributed by atoms with E-state index in [0.29, 0.717) is 0 Å². The van der Waals surface area contributed by atoms with E-state index in [0.717, 1.165) is 42.3 Å². The molecule has 0 radical (unpaired) electrons. The molecule has 0 amide bonds. The van der Waals surface area contributed by atoms with Crippen molar-refractivity contribution in [1.29, 1.82) is 0 Å². The van der Waals surface area contributed by atoms with Gasteiger partial charge < -0.3 is 10.6 Å². The fourth-order valence-electron chi connectivity index (χ4n) is 3.26. The molecule has 0 aliphatic heterocycles. The van der Waals surface area contributed by atoms with Crippen molar-refractivity contribution in [3.05, 3.63) is 64.3 Å². The van der Waals surface area contributed by atoms with Crippen LogP contribution < -0.4 is 10.6 Å². The summed E-state index contributed by atoms with van der Waals surface area (Å²) < 4.78 is 0. The van der Waals surface area contributed by atoms with Crippen LogP contribution in [0.1, 0.15) is 62.8 Å². The summed E-state index contributed by atoms with van der Waals surface area (Å²) in [5.74, 6) is 4.02. The van der Waals surface area contributed by atoms with Crippen LogP contribution in [-0.2, 0) is 0 Å². The molecule has 0 aliphatic rings. The second-order valence-electron chi connectivity index (χ2n) is 9.14. The smallest absolute Gasteiger partial charge is 0.160 e. The third-order valence-electron chi connectivity index (χ3n) is 4.95. The molecular weight excluding hydrogens is 380 g/mol. The van der Waals surface area contributed by atoms with Gasteiger partial charge in [0.15, 0.2) is 5.84 Å². The molecule has 0 fully saturated rings. The number of amidine groups is 1. The Balaban J connectivity index is 2.60. The van der Waals surface area contributed by atoms with Gasteiger partial charge >= 0.3 is 0 Å². The Bertz CT molecular complexity index is 946. The fraction of sp³-hybridized carbons (Fsp3) is 0.444. The number of nitrogens with zero attached hydrogens (tertiary/aromatic N) is 2. The van der Waals surface area contributed by atoms with E-state index in [9.17, 15) is 0 Å². The third-order valence-corrected chi connectivity index (χ3v) is 4.95. The molecule has 0 heterocycles. The maximum Gasteiger partial charge on any atom is 0.160 e. The lowest BCUT2D eigenvalue weighted by molar-refractivity contribution is 0.584. The molecule has 0 bridgehead atoms. The summed E-state index contributed by atoms with van der Waals surface area (Å²) in [5, 5.41) is 7.19. The van der Waals surface area contributed by atoms with Crippen LogP contribution in [0.3, 0.4) is 0 Å². The molecule has 4 nitrogen and oxygen atoms in total. The van der Waals surface area contributed by atoms with Crippen molar-refractivity contribution in [2.24, 2.45) is 9.98 Å². The number of unbranched alkanes of at least 4 members (excludes halogenated alkanes) is 1. The molecule has 2 rings (SSSR count). The number of hydrogen-bond donors (Lipinski definition) is 2. The van der Waals surface area contributed by atoms with Crippen LogP contribution in [0.4, 0.5) is 11.4 Å². The lowest BCUT2D eigenvalue weighted by Gasteiger charge is -2.22. The number of benzene rings is 2. The summed E-state index contributed by atoms with van der Waals surface area (Å²) in [6.45, 7) is 17.7. The van der Waals surface area contributed by atoms with Crippen LogP contribution in [0.15, 0.2) is 52.1 Å². The van der Waals surface area contributed by atoms with Gasteiger partial charge in [0.05, 0.1) is 5.54 Å². The van der Waals surface area contributed by atoms with E-state index in [2.05, 4.69) is 113 Å². The van der Waals surface area contributed by atoms with E-state index in [1.54, 1.807) is 0 Å². The number of rotatable bonds is 7. The summed E-state index contributed by atoms with van der Waals surface area (Å²) in [6.07, 6.45) is 2.15. The zero-order valence-electron chi connectivity index (χ0n) is 20.5. The Kier molecular flexibility index (Phi) is 8.65. The maximum atomic E-state index is 5.02. The minimum atomic E-state index is -0.266. The molecule has 0 aromatic heterocycles. The summed E-state index contributed by atoms with van der Waals surface area (Å²) in [7, 11) is 0. The van der Waals surface area contributed by atoms with Crippen LogP contribution in [-0.4, -0.2) is 23.8 Å². The maximum absolute atomic E-state index is 5.02. The monoisotopic (exact) mass is 418 g/mol. The van der Waals surface area contributed by atoms with Crippen molar-refractivity contribution in [3.8, 4) is 0 Å². The number of anilines is 2. The van der Waals surface area contributed by atoms with Crippen LogP contribution >= 0.6 is 0 Å². The molecule has 0 saturated heterocycles. The van der Waals surface area contributed by atoms with Crippen LogP contribution in [0, 0.1) is 27.7 Å². The van der Waals surface area contributed by atoms with Gasteiger partial charge in [-0.25, -0.2) is 4.99 Å². The van der Waals surface area contributed by atoms with Crippen molar-refractivity contribution < 1.29 is 0 Å². The first-order valence-electron chi connectivity index (χ1n) is 11.2. The summed E-state index contributed by atoms with van der Waals surface area (Å²) in [5.41, 5.74) is 7.34. The Labute approximate surface area is 188 Å². The molecule has 2 aromatic carbocycles. The molecule has 4 heteroatoms. The van der Waals surface area contributed by atoms with E-state index in [4.69, 9.17) is 4.99 Å². The number of hydrogen-bond acceptors (Lipinski definition) is 3. The van der Waals surface area contributed by atoms with Crippen LogP contribution in [0.2, 0.25) is 0 Å². The van der Waals surface area contributed by atoms with Gasteiger partial charge in [0, 0.05) is 23.8 Å². The third kappa shape index (κ3) is 7.41. The topological polar surface area (TPSA) is 48.8 Å². The highest BCUT2D eigenvalue weighted by Gasteiger charge is 2.17. The van der Waals surface area contributed by atoms with Gasteiger partial charge in [-0.2, -0.15) is 0 Å². The van der Waals surface area contributed by atoms with Crippen molar-refractivity contribution in [1.82, 2.24) is 0 Å². The predicted octanol–water partition coefficient (Wildman–Crippen LogP) is 6.99. The number of para-hydroxylation sites is 2. The number of aliphatic imine (C=N–C) groups is 2. The normalized spacial score (nSPS) is 11.7. The van der Waals surface area contributed by atoms with Gasteiger partial charge in [-0.3, -0.25) is 4.99 Å². The molecule has 2 N–H and O–H groups in total. The first kappa shape index (κ1) is 24.4. The Morgan fingerprint density at radius 2 is 1.32 bits per heavy atom. The van der Waals surface area contributed by atoms with E-state index in [1.165, 1.54) is 22.3 Å². The molecular formula is C27H38N4. The van der Waals surface area contributed by atoms with E-state index in [1.807, 2.05) is 0 Å². The first-order valence-corrected chi connectivity index (χ1v) is 11.2. The molecule has 0 spiro atoms. The highest BCUT2D eigenvalue weighted by atomic mass is 15.1. The van der Waals surface area contributed by atoms with Crippen molar-refractivity contribution in [2.45, 2.75) is 73.8 Å². The second-order valence-corrected chi connectivity index (χ2v) is 9.14. The average Bonchev–Trinajstić information content (AvgIpc) is 2.67. The first-order chi connectivity index (χ1) is 14.6. The number of nitrogens with one attached hydrogen (secondary N) is 2. The lowest BCUT2D eigenvalue weighted by atomic mass is 10.1.